The van der Waals surface area contributed by atoms with Crippen molar-refractivity contribution >= 4 is 11.7 Å². The zero-order valence-electron chi connectivity index (χ0n) is 21.2. The third-order valence-corrected chi connectivity index (χ3v) is 5.38. The van der Waals surface area contributed by atoms with Gasteiger partial charge in [0.2, 0.25) is 5.91 Å². The first-order valence-electron chi connectivity index (χ1n) is 11.9. The van der Waals surface area contributed by atoms with Gasteiger partial charge in [0.05, 0.1) is 24.5 Å². The molecule has 0 saturated carbocycles. The van der Waals surface area contributed by atoms with Crippen molar-refractivity contribution in [1.29, 1.82) is 0 Å². The van der Waals surface area contributed by atoms with Crippen LogP contribution in [0.1, 0.15) is 59.9 Å². The van der Waals surface area contributed by atoms with Crippen LogP contribution >= 0.6 is 0 Å². The number of allylic oxidation sites excluding steroid dienone is 1. The predicted octanol–water partition coefficient (Wildman–Crippen LogP) is 5.67. The summed E-state index contributed by atoms with van der Waals surface area (Å²) in [5, 5.41) is 6.71. The Morgan fingerprint density at radius 2 is 1.76 bits per heavy atom. The van der Waals surface area contributed by atoms with Gasteiger partial charge in [-0.05, 0) is 47.4 Å². The van der Waals surface area contributed by atoms with Crippen LogP contribution in [0, 0.1) is 16.6 Å². The van der Waals surface area contributed by atoms with E-state index in [1.54, 1.807) is 6.07 Å². The van der Waals surface area contributed by atoms with Gasteiger partial charge in [-0.2, -0.15) is 0 Å². The first-order chi connectivity index (χ1) is 15.9. The molecule has 6 heteroatoms. The quantitative estimate of drug-likeness (QED) is 0.555. The first-order valence-corrected chi connectivity index (χ1v) is 11.9. The van der Waals surface area contributed by atoms with Crippen molar-refractivity contribution in [1.82, 2.24) is 15.6 Å². The van der Waals surface area contributed by atoms with E-state index in [1.165, 1.54) is 12.3 Å². The number of benzene rings is 1. The summed E-state index contributed by atoms with van der Waals surface area (Å²) in [6.45, 7) is 13.4. The summed E-state index contributed by atoms with van der Waals surface area (Å²) >= 11 is 0. The monoisotopic (exact) mass is 464 g/mol. The second kappa shape index (κ2) is 10.5. The van der Waals surface area contributed by atoms with Crippen molar-refractivity contribution < 1.29 is 9.18 Å². The van der Waals surface area contributed by atoms with Crippen molar-refractivity contribution in [3.8, 4) is 11.3 Å². The number of pyridine rings is 1. The average Bonchev–Trinajstić information content (AvgIpc) is 2.72. The van der Waals surface area contributed by atoms with Crippen LogP contribution in [0.5, 0.6) is 0 Å². The molecular formula is C28H37FN4O. The Morgan fingerprint density at radius 1 is 1.06 bits per heavy atom. The molecule has 1 atom stereocenters. The summed E-state index contributed by atoms with van der Waals surface area (Å²) in [6.07, 6.45) is 5.30. The third kappa shape index (κ3) is 8.08. The molecule has 0 spiro atoms. The van der Waals surface area contributed by atoms with Gasteiger partial charge >= 0.3 is 0 Å². The lowest BCUT2D eigenvalue weighted by molar-refractivity contribution is -0.123. The molecule has 3 rings (SSSR count). The summed E-state index contributed by atoms with van der Waals surface area (Å²) in [5.41, 5.74) is 3.90. The van der Waals surface area contributed by atoms with E-state index in [4.69, 9.17) is 4.99 Å². The van der Waals surface area contributed by atoms with Gasteiger partial charge in [0, 0.05) is 17.7 Å². The molecule has 2 aromatic rings. The Kier molecular flexibility index (Phi) is 7.90. The van der Waals surface area contributed by atoms with Gasteiger partial charge in [-0.25, -0.2) is 4.39 Å². The van der Waals surface area contributed by atoms with E-state index < -0.39 is 0 Å². The highest BCUT2D eigenvalue weighted by molar-refractivity contribution is 5.93. The van der Waals surface area contributed by atoms with Crippen molar-refractivity contribution in [2.24, 2.45) is 15.8 Å². The molecule has 1 unspecified atom stereocenters. The highest BCUT2D eigenvalue weighted by Gasteiger charge is 2.25. The number of halogens is 1. The molecule has 1 aliphatic rings. The van der Waals surface area contributed by atoms with Crippen LogP contribution in [0.15, 0.2) is 59.4 Å². The van der Waals surface area contributed by atoms with Gasteiger partial charge < -0.3 is 10.6 Å². The Morgan fingerprint density at radius 3 is 2.35 bits per heavy atom. The molecule has 182 valence electrons. The van der Waals surface area contributed by atoms with Gasteiger partial charge in [-0.15, -0.1) is 0 Å². The van der Waals surface area contributed by atoms with Crippen molar-refractivity contribution in [3.63, 3.8) is 0 Å². The Labute approximate surface area is 203 Å². The van der Waals surface area contributed by atoms with E-state index in [1.807, 2.05) is 24.3 Å². The molecule has 1 aliphatic heterocycles. The fourth-order valence-corrected chi connectivity index (χ4v) is 3.93. The molecule has 1 aromatic heterocycles. The number of carbonyl (C=O) groups is 1. The lowest BCUT2D eigenvalue weighted by Gasteiger charge is -2.29. The van der Waals surface area contributed by atoms with E-state index in [9.17, 15) is 9.18 Å². The fraction of sp³-hybridized carbons (Fsp3) is 0.464. The van der Waals surface area contributed by atoms with E-state index in [0.717, 1.165) is 34.8 Å². The largest absolute Gasteiger partial charge is 0.346 e. The summed E-state index contributed by atoms with van der Waals surface area (Å²) in [7, 11) is 0. The number of hydrogen-bond donors (Lipinski definition) is 2. The minimum absolute atomic E-state index is 0.0149. The lowest BCUT2D eigenvalue weighted by atomic mass is 9.89. The number of nitrogens with one attached hydrogen (secondary N) is 2. The Balaban J connectivity index is 1.77. The van der Waals surface area contributed by atoms with Crippen LogP contribution in [-0.2, 0) is 11.2 Å². The number of amides is 1. The SMILES string of the molecule is CC(C)(C)CC(=O)NC(Cc1ccc(-c2ccc(F)cn2)cc1)C1=NCC=C(CC(C)(C)C)N1. The van der Waals surface area contributed by atoms with Crippen molar-refractivity contribution in [2.75, 3.05) is 6.54 Å². The van der Waals surface area contributed by atoms with Crippen molar-refractivity contribution in [2.45, 2.75) is 66.8 Å². The number of rotatable bonds is 7. The van der Waals surface area contributed by atoms with Gasteiger partial charge in [-0.3, -0.25) is 14.8 Å². The van der Waals surface area contributed by atoms with Crippen LogP contribution < -0.4 is 10.6 Å². The lowest BCUT2D eigenvalue weighted by Crippen LogP contribution is -2.49. The molecule has 2 heterocycles. The first kappa shape index (κ1) is 25.6. The van der Waals surface area contributed by atoms with Gasteiger partial charge in [0.1, 0.15) is 11.7 Å². The van der Waals surface area contributed by atoms with E-state index in [2.05, 4.69) is 63.2 Å². The maximum absolute atomic E-state index is 13.2. The van der Waals surface area contributed by atoms with Crippen LogP contribution in [0.4, 0.5) is 4.39 Å². The second-order valence-electron chi connectivity index (χ2n) is 11.4. The molecule has 5 nitrogen and oxygen atoms in total. The van der Waals surface area contributed by atoms with Gasteiger partial charge in [0.25, 0.3) is 0 Å². The normalized spacial score (nSPS) is 15.1. The highest BCUT2D eigenvalue weighted by Crippen LogP contribution is 2.24. The van der Waals surface area contributed by atoms with Crippen LogP contribution in [0.25, 0.3) is 11.3 Å². The Bertz CT molecular complexity index is 1040. The molecule has 0 saturated heterocycles. The summed E-state index contributed by atoms with van der Waals surface area (Å²) in [4.78, 5) is 21.7. The second-order valence-corrected chi connectivity index (χ2v) is 11.4. The number of hydrogen-bond acceptors (Lipinski definition) is 4. The molecule has 0 fully saturated rings. The minimum Gasteiger partial charge on any atom is -0.346 e. The smallest absolute Gasteiger partial charge is 0.221 e. The van der Waals surface area contributed by atoms with Crippen molar-refractivity contribution in [3.05, 3.63) is 65.7 Å². The molecule has 0 radical (unpaired) electrons. The van der Waals surface area contributed by atoms with E-state index in [-0.39, 0.29) is 28.6 Å². The number of nitrogens with zero attached hydrogens (tertiary/aromatic N) is 2. The Hall–Kier alpha value is -3.02. The van der Waals surface area contributed by atoms with Crippen LogP contribution in [-0.4, -0.2) is 29.3 Å². The molecule has 1 amide bonds. The molecule has 34 heavy (non-hydrogen) atoms. The maximum atomic E-state index is 13.2. The standard InChI is InChI=1S/C28H37FN4O/c1-27(2,3)16-22-13-14-30-26(32-22)24(33-25(34)17-28(4,5)6)15-19-7-9-20(10-8-19)23-12-11-21(29)18-31-23/h7-13,18,24H,14-17H2,1-6H3,(H,30,32)(H,33,34). The molecular weight excluding hydrogens is 427 g/mol. The average molecular weight is 465 g/mol. The van der Waals surface area contributed by atoms with Crippen LogP contribution in [0.2, 0.25) is 0 Å². The molecule has 0 bridgehead atoms. The maximum Gasteiger partial charge on any atom is 0.221 e. The summed E-state index contributed by atoms with van der Waals surface area (Å²) in [5.74, 6) is 0.462. The third-order valence-electron chi connectivity index (χ3n) is 5.38. The van der Waals surface area contributed by atoms with E-state index >= 15 is 0 Å². The fourth-order valence-electron chi connectivity index (χ4n) is 3.93. The summed E-state index contributed by atoms with van der Waals surface area (Å²) in [6, 6.07) is 10.8. The molecule has 1 aromatic carbocycles. The number of aromatic nitrogens is 1. The zero-order valence-corrected chi connectivity index (χ0v) is 21.2. The van der Waals surface area contributed by atoms with Gasteiger partial charge in [0.15, 0.2) is 0 Å². The number of aliphatic imine (C=N–C) groups is 1. The zero-order chi connectivity index (χ0) is 24.9. The number of amidine groups is 1. The topological polar surface area (TPSA) is 66.4 Å². The molecule has 0 aliphatic carbocycles. The minimum atomic E-state index is -0.352. The van der Waals surface area contributed by atoms with Crippen LogP contribution in [0.3, 0.4) is 0 Å². The highest BCUT2D eigenvalue weighted by atomic mass is 19.1. The number of carbonyl (C=O) groups excluding carboxylic acids is 1. The van der Waals surface area contributed by atoms with Gasteiger partial charge in [-0.1, -0.05) is 65.8 Å². The predicted molar refractivity (Wildman–Crippen MR) is 137 cm³/mol. The molecule has 2 N–H and O–H groups in total. The van der Waals surface area contributed by atoms with E-state index in [0.29, 0.717) is 19.4 Å². The summed E-state index contributed by atoms with van der Waals surface area (Å²) < 4.78 is 13.2.